The van der Waals surface area contributed by atoms with Crippen LogP contribution in [0.2, 0.25) is 0 Å². The second-order valence-electron chi connectivity index (χ2n) is 6.44. The van der Waals surface area contributed by atoms with Gasteiger partial charge in [-0.3, -0.25) is 19.0 Å². The Balaban J connectivity index is 2.05. The van der Waals surface area contributed by atoms with E-state index in [-0.39, 0.29) is 17.9 Å². The molecule has 0 saturated carbocycles. The first-order chi connectivity index (χ1) is 12.5. The van der Waals surface area contributed by atoms with E-state index in [1.165, 1.54) is 22.8 Å². The lowest BCUT2D eigenvalue weighted by molar-refractivity contribution is -0.138. The van der Waals surface area contributed by atoms with Gasteiger partial charge in [0.1, 0.15) is 16.4 Å². The molecule has 0 bridgehead atoms. The predicted octanol–water partition coefficient (Wildman–Crippen LogP) is 2.83. The summed E-state index contributed by atoms with van der Waals surface area (Å²) in [4.78, 5) is 42.7. The molecule has 26 heavy (non-hydrogen) atoms. The summed E-state index contributed by atoms with van der Waals surface area (Å²) in [6.45, 7) is 1.33. The number of rotatable bonds is 4. The molecule has 6 nitrogen and oxygen atoms in total. The lowest BCUT2D eigenvalue weighted by Crippen LogP contribution is -2.26. The molecule has 0 spiro atoms. The Morgan fingerprint density at radius 3 is 2.69 bits per heavy atom. The van der Waals surface area contributed by atoms with Crippen LogP contribution < -0.4 is 5.56 Å². The average molecular weight is 368 g/mol. The first-order valence-electron chi connectivity index (χ1n) is 8.31. The van der Waals surface area contributed by atoms with Gasteiger partial charge in [0.15, 0.2) is 0 Å². The average Bonchev–Trinajstić information content (AvgIpc) is 3.16. The monoisotopic (exact) mass is 368 g/mol. The fraction of sp³-hybridized carbons (Fsp3) is 0.263. The van der Waals surface area contributed by atoms with E-state index in [4.69, 9.17) is 0 Å². The summed E-state index contributed by atoms with van der Waals surface area (Å²) in [5.41, 5.74) is 0.998. The highest BCUT2D eigenvalue weighted by molar-refractivity contribution is 7.18. The topological polar surface area (TPSA) is 89.3 Å². The molecule has 1 aliphatic carbocycles. The number of carboxylic acids is 1. The van der Waals surface area contributed by atoms with Gasteiger partial charge in [-0.1, -0.05) is 30.3 Å². The van der Waals surface area contributed by atoms with Crippen LogP contribution in [0.3, 0.4) is 0 Å². The van der Waals surface area contributed by atoms with Gasteiger partial charge in [0.05, 0.1) is 17.8 Å². The number of carbonyl (C=O) groups excluding carboxylic acids is 1. The second-order valence-corrected chi connectivity index (χ2v) is 7.53. The summed E-state index contributed by atoms with van der Waals surface area (Å²) in [5, 5.41) is 9.85. The lowest BCUT2D eigenvalue weighted by Gasteiger charge is -2.12. The Hall–Kier alpha value is -2.80. The van der Waals surface area contributed by atoms with Crippen LogP contribution in [0.1, 0.15) is 29.7 Å². The van der Waals surface area contributed by atoms with Crippen molar-refractivity contribution in [3.05, 3.63) is 51.1 Å². The third-order valence-corrected chi connectivity index (χ3v) is 5.80. The number of carbonyl (C=O) groups is 2. The summed E-state index contributed by atoms with van der Waals surface area (Å²) in [5.74, 6) is -1.33. The summed E-state index contributed by atoms with van der Waals surface area (Å²) in [6, 6.07) is 9.24. The first-order valence-corrected chi connectivity index (χ1v) is 9.12. The Kier molecular flexibility index (Phi) is 3.96. The van der Waals surface area contributed by atoms with Gasteiger partial charge < -0.3 is 5.11 Å². The molecule has 2 heterocycles. The number of hydrogen-bond donors (Lipinski definition) is 1. The van der Waals surface area contributed by atoms with Gasteiger partial charge in [0.2, 0.25) is 0 Å². The van der Waals surface area contributed by atoms with Crippen molar-refractivity contribution in [2.24, 2.45) is 0 Å². The van der Waals surface area contributed by atoms with E-state index in [1.54, 1.807) is 0 Å². The maximum atomic E-state index is 13.2. The largest absolute Gasteiger partial charge is 0.481 e. The standard InChI is InChI=1S/C19H16N2O4S/c1-10(22)9-21-16(11-5-3-2-4-6-11)20-17-15(18(21)23)14-12(19(24)25)7-8-13(14)26-17/h2-6,12H,7-9H2,1H3,(H,24,25). The molecule has 1 atom stereocenters. The number of Topliss-reactive ketones (excluding diaryl/α,β-unsaturated/α-hetero) is 1. The molecular weight excluding hydrogens is 352 g/mol. The third kappa shape index (κ3) is 2.55. The maximum Gasteiger partial charge on any atom is 0.311 e. The lowest BCUT2D eigenvalue weighted by atomic mass is 10.0. The van der Waals surface area contributed by atoms with Gasteiger partial charge in [-0.25, -0.2) is 4.98 Å². The maximum absolute atomic E-state index is 13.2. The van der Waals surface area contributed by atoms with Gasteiger partial charge in [-0.15, -0.1) is 11.3 Å². The summed E-state index contributed by atoms with van der Waals surface area (Å²) in [7, 11) is 0. The van der Waals surface area contributed by atoms with E-state index in [0.29, 0.717) is 34.4 Å². The van der Waals surface area contributed by atoms with Crippen LogP contribution in [-0.2, 0) is 22.6 Å². The fourth-order valence-electron chi connectivity index (χ4n) is 3.55. The number of aromatic nitrogens is 2. The summed E-state index contributed by atoms with van der Waals surface area (Å²) in [6.07, 6.45) is 1.14. The molecule has 0 amide bonds. The number of hydrogen-bond acceptors (Lipinski definition) is 5. The zero-order valence-corrected chi connectivity index (χ0v) is 14.9. The molecule has 0 aliphatic heterocycles. The second kappa shape index (κ2) is 6.17. The number of ketones is 1. The number of nitrogens with zero attached hydrogens (tertiary/aromatic N) is 2. The van der Waals surface area contributed by atoms with Crippen molar-refractivity contribution in [2.45, 2.75) is 32.2 Å². The van der Waals surface area contributed by atoms with E-state index in [0.717, 1.165) is 10.4 Å². The predicted molar refractivity (Wildman–Crippen MR) is 98.7 cm³/mol. The minimum absolute atomic E-state index is 0.0889. The minimum Gasteiger partial charge on any atom is -0.481 e. The van der Waals surface area contributed by atoms with Crippen molar-refractivity contribution in [1.29, 1.82) is 0 Å². The van der Waals surface area contributed by atoms with Crippen molar-refractivity contribution in [1.82, 2.24) is 9.55 Å². The van der Waals surface area contributed by atoms with Crippen LogP contribution in [0.25, 0.3) is 21.6 Å². The normalized spacial score (nSPS) is 16.0. The van der Waals surface area contributed by atoms with Crippen LogP contribution in [0.15, 0.2) is 35.1 Å². The zero-order valence-electron chi connectivity index (χ0n) is 14.1. The van der Waals surface area contributed by atoms with E-state index >= 15 is 0 Å². The molecule has 7 heteroatoms. The van der Waals surface area contributed by atoms with Crippen molar-refractivity contribution in [2.75, 3.05) is 0 Å². The molecule has 0 fully saturated rings. The molecule has 1 aromatic carbocycles. The SMILES string of the molecule is CC(=O)Cn1c(-c2ccccc2)nc2sc3c(c2c1=O)C(C(=O)O)CC3. The van der Waals surface area contributed by atoms with Crippen molar-refractivity contribution < 1.29 is 14.7 Å². The number of thiophene rings is 1. The molecule has 1 aliphatic rings. The molecule has 1 unspecified atom stereocenters. The van der Waals surface area contributed by atoms with Gasteiger partial charge in [0, 0.05) is 10.4 Å². The zero-order chi connectivity index (χ0) is 18.4. The van der Waals surface area contributed by atoms with E-state index in [2.05, 4.69) is 4.98 Å². The fourth-order valence-corrected chi connectivity index (χ4v) is 4.79. The molecule has 132 valence electrons. The number of fused-ring (bicyclic) bond motifs is 3. The molecule has 0 radical (unpaired) electrons. The number of aryl methyl sites for hydroxylation is 1. The molecule has 4 rings (SSSR count). The van der Waals surface area contributed by atoms with Gasteiger partial charge >= 0.3 is 5.97 Å². The number of carboxylic acid groups (broad SMARTS) is 1. The molecular formula is C19H16N2O4S. The van der Waals surface area contributed by atoms with Crippen LogP contribution in [0, 0.1) is 0 Å². The van der Waals surface area contributed by atoms with E-state index < -0.39 is 11.9 Å². The Morgan fingerprint density at radius 1 is 1.31 bits per heavy atom. The van der Waals surface area contributed by atoms with Gasteiger partial charge in [0.25, 0.3) is 5.56 Å². The Morgan fingerprint density at radius 2 is 2.04 bits per heavy atom. The Bertz CT molecular complexity index is 1100. The number of aliphatic carboxylic acids is 1. The van der Waals surface area contributed by atoms with E-state index in [9.17, 15) is 19.5 Å². The first kappa shape index (κ1) is 16.7. The molecule has 2 aromatic heterocycles. The third-order valence-electron chi connectivity index (χ3n) is 4.65. The van der Waals surface area contributed by atoms with Crippen LogP contribution in [-0.4, -0.2) is 26.4 Å². The van der Waals surface area contributed by atoms with Gasteiger partial charge in [-0.05, 0) is 25.3 Å². The van der Waals surface area contributed by atoms with Crippen molar-refractivity contribution in [3.8, 4) is 11.4 Å². The highest BCUT2D eigenvalue weighted by Crippen LogP contribution is 2.42. The highest BCUT2D eigenvalue weighted by Gasteiger charge is 2.34. The number of benzene rings is 1. The molecule has 0 saturated heterocycles. The van der Waals surface area contributed by atoms with E-state index in [1.807, 2.05) is 30.3 Å². The summed E-state index contributed by atoms with van der Waals surface area (Å²) < 4.78 is 1.37. The van der Waals surface area contributed by atoms with Crippen molar-refractivity contribution in [3.63, 3.8) is 0 Å². The highest BCUT2D eigenvalue weighted by atomic mass is 32.1. The van der Waals surface area contributed by atoms with Crippen molar-refractivity contribution >= 4 is 33.3 Å². The van der Waals surface area contributed by atoms with Gasteiger partial charge in [-0.2, -0.15) is 0 Å². The van der Waals surface area contributed by atoms with Crippen LogP contribution >= 0.6 is 11.3 Å². The van der Waals surface area contributed by atoms with Crippen LogP contribution in [0.4, 0.5) is 0 Å². The quantitative estimate of drug-likeness (QED) is 0.765. The summed E-state index contributed by atoms with van der Waals surface area (Å²) >= 11 is 1.39. The van der Waals surface area contributed by atoms with Crippen LogP contribution in [0.5, 0.6) is 0 Å². The molecule has 3 aromatic rings. The minimum atomic E-state index is -0.923. The Labute approximate surface area is 152 Å². The molecule has 1 N–H and O–H groups in total. The smallest absolute Gasteiger partial charge is 0.311 e.